The molecule has 8 heteroatoms. The zero-order chi connectivity index (χ0) is 77.8. The van der Waals surface area contributed by atoms with Crippen LogP contribution in [-0.4, -0.2) is 26.7 Å². The fourth-order valence-corrected chi connectivity index (χ4v) is 18.8. The van der Waals surface area contributed by atoms with E-state index in [1.807, 2.05) is 0 Å². The Kier molecular flexibility index (Phi) is 19.2. The van der Waals surface area contributed by atoms with Gasteiger partial charge in [-0.05, 0) is 254 Å². The predicted molar refractivity (Wildman–Crippen MR) is 506 cm³/mol. The van der Waals surface area contributed by atoms with E-state index in [0.717, 1.165) is 21.3 Å². The van der Waals surface area contributed by atoms with Crippen molar-refractivity contribution in [1.82, 2.24) is 0 Å². The largest absolute Gasteiger partial charge is 0.495 e. The summed E-state index contributed by atoms with van der Waals surface area (Å²) >= 11 is 3.66. The van der Waals surface area contributed by atoms with Crippen molar-refractivity contribution in [1.29, 1.82) is 0 Å². The maximum atomic E-state index is 6.43. The minimum Gasteiger partial charge on any atom is -0.399 e. The third-order valence-electron chi connectivity index (χ3n) is 24.6. The van der Waals surface area contributed by atoms with Gasteiger partial charge in [-0.3, -0.25) is 4.70 Å². The highest BCUT2D eigenvalue weighted by atomic mass is 79.9. The molecular formula is C110H79B2BrFN2O2. The van der Waals surface area contributed by atoms with Gasteiger partial charge in [0.1, 0.15) is 0 Å². The van der Waals surface area contributed by atoms with Crippen molar-refractivity contribution in [3.8, 4) is 77.9 Å². The smallest absolute Gasteiger partial charge is 0.399 e. The van der Waals surface area contributed by atoms with E-state index >= 15 is 0 Å². The third-order valence-corrected chi connectivity index (χ3v) is 25.1. The Morgan fingerprint density at radius 2 is 0.492 bits per heavy atom. The Labute approximate surface area is 697 Å². The van der Waals surface area contributed by atoms with Gasteiger partial charge in [-0.15, -0.1) is 0 Å². The topological polar surface area (TPSA) is 24.9 Å². The average molecular weight is 1580 g/mol. The van der Waals surface area contributed by atoms with Gasteiger partial charge in [0.15, 0.2) is 0 Å². The van der Waals surface area contributed by atoms with Crippen LogP contribution in [0.3, 0.4) is 0 Å². The highest BCUT2D eigenvalue weighted by Crippen LogP contribution is 2.55. The number of benzene rings is 20. The number of halogens is 2. The van der Waals surface area contributed by atoms with Crippen LogP contribution in [0.2, 0.25) is 0 Å². The first-order valence-corrected chi connectivity index (χ1v) is 40.9. The van der Waals surface area contributed by atoms with E-state index in [4.69, 9.17) is 9.31 Å². The highest BCUT2D eigenvalue weighted by molar-refractivity contribution is 9.10. The number of hydrogen-bond donors (Lipinski definition) is 0. The summed E-state index contributed by atoms with van der Waals surface area (Å²) in [6.45, 7) is 8.42. The van der Waals surface area contributed by atoms with Crippen molar-refractivity contribution in [3.05, 3.63) is 405 Å². The summed E-state index contributed by atoms with van der Waals surface area (Å²) in [5.41, 5.74) is 24.7. The second-order valence-electron chi connectivity index (χ2n) is 31.6. The maximum Gasteiger partial charge on any atom is 0.495 e. The number of para-hydroxylation sites is 4. The van der Waals surface area contributed by atoms with Crippen molar-refractivity contribution < 1.29 is 14.0 Å². The lowest BCUT2D eigenvalue weighted by Gasteiger charge is -2.32. The number of hydrogen-bond acceptors (Lipinski definition) is 4. The van der Waals surface area contributed by atoms with Gasteiger partial charge < -0.3 is 19.1 Å². The molecule has 3 aliphatic heterocycles. The molecule has 0 bridgehead atoms. The maximum absolute atomic E-state index is 6.43. The molecule has 3 aliphatic rings. The van der Waals surface area contributed by atoms with Crippen molar-refractivity contribution >= 4 is 157 Å². The minimum atomic E-state index is -0.393. The zero-order valence-corrected chi connectivity index (χ0v) is 67.3. The van der Waals surface area contributed by atoms with Gasteiger partial charge in [0.25, 0.3) is 0 Å². The van der Waals surface area contributed by atoms with Crippen LogP contribution in [0.5, 0.6) is 0 Å². The third kappa shape index (κ3) is 12.6. The van der Waals surface area contributed by atoms with Gasteiger partial charge in [0.05, 0.1) is 34.0 Å². The van der Waals surface area contributed by atoms with E-state index in [1.54, 1.807) is 0 Å². The van der Waals surface area contributed by atoms with Crippen LogP contribution in [0.15, 0.2) is 405 Å². The van der Waals surface area contributed by atoms with Crippen LogP contribution in [0.4, 0.5) is 38.8 Å². The van der Waals surface area contributed by atoms with Crippen LogP contribution in [-0.2, 0) is 9.31 Å². The molecule has 0 amide bonds. The second kappa shape index (κ2) is 30.3. The molecule has 0 aliphatic carbocycles. The van der Waals surface area contributed by atoms with E-state index in [9.17, 15) is 0 Å². The molecule has 0 atom stereocenters. The molecule has 23 rings (SSSR count). The van der Waals surface area contributed by atoms with Gasteiger partial charge in [0, 0.05) is 46.5 Å². The lowest BCUT2D eigenvalue weighted by Crippen LogP contribution is -2.41. The molecular weight excluding hydrogens is 1500 g/mol. The van der Waals surface area contributed by atoms with E-state index in [0.29, 0.717) is 0 Å². The fourth-order valence-electron chi connectivity index (χ4n) is 18.4. The summed E-state index contributed by atoms with van der Waals surface area (Å²) in [5, 5.41) is 20.4. The fraction of sp³-hybridized carbons (Fsp3) is 0.0545. The number of rotatable bonds is 6. The normalized spacial score (nSPS) is 13.3. The summed E-state index contributed by atoms with van der Waals surface area (Å²) in [7, 11) is -0.393. The SMILES string of the molecule is Brc1ccc2c(c1)-c1ccccc1-c1ccccc1N2c1ccccc1.CC1(C)OB(c2ccc(-c3ccc4c5ccccc5c5ccccc5c4c3)c3ccccc23)OC1(C)C.F.[B].c1ccc(N2c3ccccc3-c3ccccc3-c3cc(-c4ccc(-c5ccc6c7ccccc7c7ccccc7c6c5)c5ccccc45)ccc32)cc1. The number of fused-ring (bicyclic) bond motifs is 24. The minimum absolute atomic E-state index is 0. The van der Waals surface area contributed by atoms with Gasteiger partial charge >= 0.3 is 7.12 Å². The predicted octanol–water partition coefficient (Wildman–Crippen LogP) is 30.4. The van der Waals surface area contributed by atoms with Crippen molar-refractivity contribution in [3.63, 3.8) is 0 Å². The summed E-state index contributed by atoms with van der Waals surface area (Å²) in [6, 6.07) is 145. The molecule has 1 fully saturated rings. The highest BCUT2D eigenvalue weighted by Gasteiger charge is 2.52. The quantitative estimate of drug-likeness (QED) is 0.122. The van der Waals surface area contributed by atoms with Gasteiger partial charge in [-0.25, -0.2) is 0 Å². The molecule has 0 saturated carbocycles. The molecule has 20 aromatic carbocycles. The molecule has 3 heterocycles. The van der Waals surface area contributed by atoms with Crippen LogP contribution in [0.1, 0.15) is 27.7 Å². The van der Waals surface area contributed by atoms with Crippen molar-refractivity contribution in [2.24, 2.45) is 0 Å². The van der Waals surface area contributed by atoms with Crippen molar-refractivity contribution in [2.45, 2.75) is 38.9 Å². The zero-order valence-electron chi connectivity index (χ0n) is 65.8. The van der Waals surface area contributed by atoms with Crippen LogP contribution < -0.4 is 15.3 Å². The average Bonchev–Trinajstić information content (AvgIpc) is 0.823. The lowest BCUT2D eigenvalue weighted by atomic mass is 9.75. The monoisotopic (exact) mass is 1580 g/mol. The van der Waals surface area contributed by atoms with Crippen molar-refractivity contribution in [2.75, 3.05) is 9.80 Å². The van der Waals surface area contributed by atoms with Crippen LogP contribution in [0, 0.1) is 0 Å². The molecule has 0 N–H and O–H groups in total. The molecule has 3 radical (unpaired) electrons. The van der Waals surface area contributed by atoms with Gasteiger partial charge in [0.2, 0.25) is 0 Å². The summed E-state index contributed by atoms with van der Waals surface area (Å²) in [6.07, 6.45) is 0. The van der Waals surface area contributed by atoms with Crippen LogP contribution in [0.25, 0.3) is 164 Å². The molecule has 4 nitrogen and oxygen atoms in total. The Morgan fingerprint density at radius 3 is 0.898 bits per heavy atom. The first-order chi connectivity index (χ1) is 57.0. The number of anilines is 6. The van der Waals surface area contributed by atoms with Gasteiger partial charge in [-0.2, -0.15) is 0 Å². The van der Waals surface area contributed by atoms with E-state index < -0.39 is 7.12 Å². The Morgan fingerprint density at radius 1 is 0.220 bits per heavy atom. The molecule has 561 valence electrons. The lowest BCUT2D eigenvalue weighted by molar-refractivity contribution is 0.00578. The summed E-state index contributed by atoms with van der Waals surface area (Å²) in [5.74, 6) is 0. The molecule has 118 heavy (non-hydrogen) atoms. The number of nitrogens with zero attached hydrogens (tertiary/aromatic N) is 2. The van der Waals surface area contributed by atoms with Crippen LogP contribution >= 0.6 is 15.9 Å². The Bertz CT molecular complexity index is 7270. The summed E-state index contributed by atoms with van der Waals surface area (Å²) < 4.78 is 13.9. The standard InChI is InChI=1S/C52H33N.C34H29BO2.C24H16BrN.B.FH/c1-2-14-36(15-3-1)53-51-25-13-12-24-48(51)44-21-9-11-23-46(44)50-33-35(27-31-52(50)53)38-30-29-37(39-16-4-5-17-40(38)39)34-26-28-47-43-20-7-6-18-41(43)42-19-8-10-22-45(42)49(47)32-34;1-33(2)34(3,4)37-35(36-33)32-20-19-23(24-11-9-10-16-30(24)32)22-17-18-29-27-14-6-5-12-25(27)26-13-7-8-15-28(26)31(29)21-22;25-17-14-15-24-22(16-17)20-11-5-4-10-19(20)21-12-6-7-13-23(21)26(24)18-8-2-1-3-9-18;;/h1-33H;5-21H,1-4H3;1-16H;;1H. The Balaban J connectivity index is 0.000000124. The summed E-state index contributed by atoms with van der Waals surface area (Å²) in [4.78, 5) is 4.78. The molecule has 1 saturated heterocycles. The molecule has 0 unspecified atom stereocenters. The molecule has 0 aromatic heterocycles. The second-order valence-corrected chi connectivity index (χ2v) is 32.5. The molecule has 20 aromatic rings. The van der Waals surface area contributed by atoms with E-state index in [2.05, 4.69) is 454 Å². The first-order valence-electron chi connectivity index (χ1n) is 40.1. The first kappa shape index (κ1) is 74.6. The van der Waals surface area contributed by atoms with E-state index in [-0.39, 0.29) is 24.3 Å². The Hall–Kier alpha value is -13.5. The molecule has 0 spiro atoms. The van der Waals surface area contributed by atoms with E-state index in [1.165, 1.54) is 187 Å². The van der Waals surface area contributed by atoms with Gasteiger partial charge in [-0.1, -0.05) is 337 Å².